The molecule has 0 aromatic rings. The lowest BCUT2D eigenvalue weighted by Crippen LogP contribution is -3.00. The lowest BCUT2D eigenvalue weighted by Gasteiger charge is -1.92. The van der Waals surface area contributed by atoms with Crippen LogP contribution in [0.4, 0.5) is 0 Å². The lowest BCUT2D eigenvalue weighted by molar-refractivity contribution is -0.654. The van der Waals surface area contributed by atoms with Gasteiger partial charge in [-0.1, -0.05) is 27.7 Å². The van der Waals surface area contributed by atoms with Crippen LogP contribution < -0.4 is 35.4 Å². The van der Waals surface area contributed by atoms with Crippen LogP contribution in [0.1, 0.15) is 53.4 Å². The van der Waals surface area contributed by atoms with E-state index >= 15 is 0 Å². The minimum Gasteiger partial charge on any atom is -1.00 e. The second-order valence-corrected chi connectivity index (χ2v) is 3.73. The van der Waals surface area contributed by atoms with Gasteiger partial charge in [-0.15, -0.1) is 0 Å². The Morgan fingerprint density at radius 3 is 0.812 bits per heavy atom. The molecular weight excluding hydrogens is 243 g/mol. The number of halogens is 2. The number of nitrogens with two attached hydrogens (primary N) is 2. The molecule has 0 heterocycles. The van der Waals surface area contributed by atoms with Gasteiger partial charge in [0.05, 0.1) is 26.2 Å². The highest BCUT2D eigenvalue weighted by Crippen LogP contribution is 1.63. The smallest absolute Gasteiger partial charge is 0.0752 e. The fourth-order valence-electron chi connectivity index (χ4n) is 1.11. The van der Waals surface area contributed by atoms with Crippen molar-refractivity contribution < 1.29 is 35.4 Å². The van der Waals surface area contributed by atoms with Crippen LogP contribution >= 0.6 is 0 Å². The van der Waals surface area contributed by atoms with Crippen molar-refractivity contribution in [3.63, 3.8) is 0 Å². The molecule has 0 aromatic carbocycles. The zero-order valence-corrected chi connectivity index (χ0v) is 13.1. The van der Waals surface area contributed by atoms with Crippen molar-refractivity contribution >= 4 is 0 Å². The maximum atomic E-state index is 2.36. The van der Waals surface area contributed by atoms with E-state index in [1.54, 1.807) is 0 Å². The Morgan fingerprint density at radius 1 is 0.500 bits per heavy atom. The molecule has 0 saturated carbocycles. The maximum Gasteiger partial charge on any atom is 0.0752 e. The van der Waals surface area contributed by atoms with E-state index in [4.69, 9.17) is 0 Å². The van der Waals surface area contributed by atoms with E-state index in [9.17, 15) is 0 Å². The van der Waals surface area contributed by atoms with Gasteiger partial charge in [-0.05, 0) is 25.7 Å². The molecule has 16 heavy (non-hydrogen) atoms. The van der Waals surface area contributed by atoms with Crippen molar-refractivity contribution in [2.75, 3.05) is 26.2 Å². The first-order chi connectivity index (χ1) is 6.83. The second-order valence-electron chi connectivity index (χ2n) is 3.73. The molecule has 4 N–H and O–H groups in total. The van der Waals surface area contributed by atoms with Gasteiger partial charge in [0.25, 0.3) is 0 Å². The van der Waals surface area contributed by atoms with Crippen LogP contribution in [0.5, 0.6) is 0 Å². The quantitative estimate of drug-likeness (QED) is 0.415. The third kappa shape index (κ3) is 36.6. The number of hydrogen-bond acceptors (Lipinski definition) is 0. The predicted octanol–water partition coefficient (Wildman–Crippen LogP) is -5.25. The first-order valence-corrected chi connectivity index (χ1v) is 6.46. The molecule has 0 radical (unpaired) electrons. The summed E-state index contributed by atoms with van der Waals surface area (Å²) in [6.45, 7) is 14.1. The van der Waals surface area contributed by atoms with E-state index < -0.39 is 0 Å². The van der Waals surface area contributed by atoms with Gasteiger partial charge in [0.1, 0.15) is 0 Å². The molecule has 0 amide bonds. The third-order valence-electron chi connectivity index (χ3n) is 1.97. The summed E-state index contributed by atoms with van der Waals surface area (Å²) < 4.78 is 0. The predicted molar refractivity (Wildman–Crippen MR) is 64.5 cm³/mol. The van der Waals surface area contributed by atoms with Gasteiger partial charge in [0.15, 0.2) is 0 Å². The third-order valence-corrected chi connectivity index (χ3v) is 1.97. The molecule has 0 saturated heterocycles. The largest absolute Gasteiger partial charge is 1.00 e. The van der Waals surface area contributed by atoms with E-state index in [2.05, 4.69) is 38.3 Å². The van der Waals surface area contributed by atoms with Gasteiger partial charge >= 0.3 is 0 Å². The standard InChI is InChI=1S/2C6H15N.2ClH/c2*1-3-5-7-6-4-2;;/h2*7H,3-6H2,1-2H3;2*1H. The summed E-state index contributed by atoms with van der Waals surface area (Å²) in [6.07, 6.45) is 5.22. The van der Waals surface area contributed by atoms with Gasteiger partial charge in [-0.3, -0.25) is 0 Å². The molecule has 0 aliphatic carbocycles. The van der Waals surface area contributed by atoms with Gasteiger partial charge in [0, 0.05) is 0 Å². The average Bonchev–Trinajstić information content (AvgIpc) is 2.21. The van der Waals surface area contributed by atoms with E-state index in [0.717, 1.165) is 0 Å². The lowest BCUT2D eigenvalue weighted by atomic mass is 10.4. The molecule has 104 valence electrons. The van der Waals surface area contributed by atoms with Crippen LogP contribution in [0.25, 0.3) is 0 Å². The minimum absolute atomic E-state index is 0. The van der Waals surface area contributed by atoms with E-state index in [-0.39, 0.29) is 24.8 Å². The van der Waals surface area contributed by atoms with E-state index in [1.165, 1.54) is 51.9 Å². The molecule has 0 aliphatic rings. The molecule has 4 heteroatoms. The molecule has 0 aliphatic heterocycles. The van der Waals surface area contributed by atoms with E-state index in [0.29, 0.717) is 0 Å². The highest BCUT2D eigenvalue weighted by molar-refractivity contribution is 4.18. The van der Waals surface area contributed by atoms with Crippen LogP contribution in [0, 0.1) is 0 Å². The minimum atomic E-state index is 0. The van der Waals surface area contributed by atoms with Crippen molar-refractivity contribution in [1.29, 1.82) is 0 Å². The van der Waals surface area contributed by atoms with Crippen molar-refractivity contribution in [2.45, 2.75) is 53.4 Å². The molecule has 0 spiro atoms. The molecule has 0 fully saturated rings. The second kappa shape index (κ2) is 29.6. The molecule has 0 rings (SSSR count). The van der Waals surface area contributed by atoms with Gasteiger partial charge in [-0.2, -0.15) is 0 Å². The van der Waals surface area contributed by atoms with Crippen LogP contribution in [0.3, 0.4) is 0 Å². The summed E-state index contributed by atoms with van der Waals surface area (Å²) in [7, 11) is 0. The summed E-state index contributed by atoms with van der Waals surface area (Å²) in [5.74, 6) is 0. The highest BCUT2D eigenvalue weighted by atomic mass is 35.5. The summed E-state index contributed by atoms with van der Waals surface area (Å²) in [5, 5.41) is 4.72. The fourth-order valence-corrected chi connectivity index (χ4v) is 1.11. The highest BCUT2D eigenvalue weighted by Gasteiger charge is 1.81. The van der Waals surface area contributed by atoms with Crippen molar-refractivity contribution in [3.8, 4) is 0 Å². The number of rotatable bonds is 8. The van der Waals surface area contributed by atoms with Crippen molar-refractivity contribution in [3.05, 3.63) is 0 Å². The first kappa shape index (κ1) is 25.4. The van der Waals surface area contributed by atoms with Crippen LogP contribution in [0.15, 0.2) is 0 Å². The normalized spacial score (nSPS) is 8.25. The zero-order chi connectivity index (χ0) is 11.1. The molecule has 0 unspecified atom stereocenters. The van der Waals surface area contributed by atoms with Crippen LogP contribution in [-0.2, 0) is 0 Å². The Balaban J connectivity index is -0.0000000800. The first-order valence-electron chi connectivity index (χ1n) is 6.46. The molecular formula is C12H32Cl2N2. The Hall–Kier alpha value is 0.500. The maximum absolute atomic E-state index is 2.36. The zero-order valence-electron chi connectivity index (χ0n) is 11.6. The molecule has 0 bridgehead atoms. The molecule has 2 nitrogen and oxygen atoms in total. The SMILES string of the molecule is CCC[NH2+]CCC.CCC[NH2+]CCC.[Cl-].[Cl-]. The molecule has 0 atom stereocenters. The van der Waals surface area contributed by atoms with Crippen molar-refractivity contribution in [2.24, 2.45) is 0 Å². The van der Waals surface area contributed by atoms with Gasteiger partial charge in [0.2, 0.25) is 0 Å². The molecule has 0 aromatic heterocycles. The monoisotopic (exact) mass is 274 g/mol. The summed E-state index contributed by atoms with van der Waals surface area (Å²) in [4.78, 5) is 0. The Labute approximate surface area is 115 Å². The van der Waals surface area contributed by atoms with Gasteiger partial charge < -0.3 is 35.4 Å². The summed E-state index contributed by atoms with van der Waals surface area (Å²) >= 11 is 0. The average molecular weight is 275 g/mol. The summed E-state index contributed by atoms with van der Waals surface area (Å²) in [6, 6.07) is 0. The van der Waals surface area contributed by atoms with Crippen LogP contribution in [0.2, 0.25) is 0 Å². The van der Waals surface area contributed by atoms with Crippen LogP contribution in [-0.4, -0.2) is 26.2 Å². The summed E-state index contributed by atoms with van der Waals surface area (Å²) in [5.41, 5.74) is 0. The Bertz CT molecular complexity index is 65.4. The topological polar surface area (TPSA) is 33.2 Å². The Morgan fingerprint density at radius 2 is 0.688 bits per heavy atom. The van der Waals surface area contributed by atoms with E-state index in [1.807, 2.05) is 0 Å². The number of quaternary nitrogens is 2. The van der Waals surface area contributed by atoms with Gasteiger partial charge in [-0.25, -0.2) is 0 Å². The fraction of sp³-hybridized carbons (Fsp3) is 1.00. The van der Waals surface area contributed by atoms with Crippen molar-refractivity contribution in [1.82, 2.24) is 0 Å². The Kier molecular flexibility index (Phi) is 46.9. The number of hydrogen-bond donors (Lipinski definition) is 2.